The number of carbonyl (C=O) groups is 1. The smallest absolute Gasteiger partial charge is 0.223 e. The van der Waals surface area contributed by atoms with Gasteiger partial charge in [-0.25, -0.2) is 0 Å². The first kappa shape index (κ1) is 15.8. The van der Waals surface area contributed by atoms with E-state index in [9.17, 15) is 4.79 Å². The van der Waals surface area contributed by atoms with E-state index >= 15 is 0 Å². The molecular formula is C17H32N2O. The normalized spacial score (nSPS) is 27.6. The molecule has 2 fully saturated rings. The van der Waals surface area contributed by atoms with Crippen LogP contribution in [0.4, 0.5) is 0 Å². The van der Waals surface area contributed by atoms with Gasteiger partial charge < -0.3 is 10.2 Å². The predicted octanol–water partition coefficient (Wildman–Crippen LogP) is 3.34. The molecule has 2 atom stereocenters. The average Bonchev–Trinajstić information content (AvgIpc) is 2.89. The zero-order chi connectivity index (χ0) is 14.2. The Morgan fingerprint density at radius 3 is 2.65 bits per heavy atom. The summed E-state index contributed by atoms with van der Waals surface area (Å²) < 4.78 is 0. The SMILES string of the molecule is CCCC1CCCC(NCCC(=O)N2CCCC2)CC1. The number of rotatable bonds is 6. The van der Waals surface area contributed by atoms with Crippen molar-refractivity contribution in [2.45, 2.75) is 77.2 Å². The molecule has 116 valence electrons. The van der Waals surface area contributed by atoms with Crippen LogP contribution in [-0.4, -0.2) is 36.5 Å². The highest BCUT2D eigenvalue weighted by Crippen LogP contribution is 2.26. The first-order valence-corrected chi connectivity index (χ1v) is 8.80. The molecule has 0 aromatic carbocycles. The van der Waals surface area contributed by atoms with Crippen molar-refractivity contribution in [1.82, 2.24) is 10.2 Å². The van der Waals surface area contributed by atoms with E-state index in [-0.39, 0.29) is 0 Å². The summed E-state index contributed by atoms with van der Waals surface area (Å²) in [4.78, 5) is 14.0. The number of hydrogen-bond donors (Lipinski definition) is 1. The molecule has 1 saturated carbocycles. The van der Waals surface area contributed by atoms with Crippen LogP contribution in [0, 0.1) is 5.92 Å². The Bertz CT molecular complexity index is 287. The Morgan fingerprint density at radius 1 is 1.10 bits per heavy atom. The van der Waals surface area contributed by atoms with Crippen molar-refractivity contribution in [3.8, 4) is 0 Å². The largest absolute Gasteiger partial charge is 0.343 e. The lowest BCUT2D eigenvalue weighted by Crippen LogP contribution is -2.34. The quantitative estimate of drug-likeness (QED) is 0.757. The number of nitrogens with zero attached hydrogens (tertiary/aromatic N) is 1. The van der Waals surface area contributed by atoms with E-state index < -0.39 is 0 Å². The molecule has 0 aromatic rings. The Kier molecular flexibility index (Phi) is 6.85. The number of nitrogens with one attached hydrogen (secondary N) is 1. The van der Waals surface area contributed by atoms with Crippen LogP contribution in [0.1, 0.15) is 71.1 Å². The molecule has 1 saturated heterocycles. The molecule has 0 aromatic heterocycles. The molecule has 1 aliphatic carbocycles. The van der Waals surface area contributed by atoms with Gasteiger partial charge >= 0.3 is 0 Å². The lowest BCUT2D eigenvalue weighted by molar-refractivity contribution is -0.130. The standard InChI is InChI=1S/C17H32N2O/c1-2-6-15-7-5-8-16(10-9-15)18-12-11-17(20)19-13-3-4-14-19/h15-16,18H,2-14H2,1H3. The van der Waals surface area contributed by atoms with Gasteiger partial charge in [-0.05, 0) is 38.0 Å². The van der Waals surface area contributed by atoms with Crippen LogP contribution in [0.3, 0.4) is 0 Å². The highest BCUT2D eigenvalue weighted by atomic mass is 16.2. The summed E-state index contributed by atoms with van der Waals surface area (Å²) in [5, 5.41) is 3.63. The highest BCUT2D eigenvalue weighted by molar-refractivity contribution is 5.76. The van der Waals surface area contributed by atoms with Gasteiger partial charge in [-0.15, -0.1) is 0 Å². The number of carbonyl (C=O) groups excluding carboxylic acids is 1. The van der Waals surface area contributed by atoms with Crippen molar-refractivity contribution in [2.75, 3.05) is 19.6 Å². The molecule has 1 N–H and O–H groups in total. The highest BCUT2D eigenvalue weighted by Gasteiger charge is 2.20. The van der Waals surface area contributed by atoms with E-state index in [1.807, 2.05) is 4.90 Å². The minimum atomic E-state index is 0.354. The second-order valence-corrected chi connectivity index (χ2v) is 6.65. The lowest BCUT2D eigenvalue weighted by atomic mass is 9.95. The molecule has 1 aliphatic heterocycles. The van der Waals surface area contributed by atoms with E-state index in [0.29, 0.717) is 18.4 Å². The Labute approximate surface area is 124 Å². The summed E-state index contributed by atoms with van der Waals surface area (Å²) in [6.45, 7) is 5.14. The van der Waals surface area contributed by atoms with Crippen LogP contribution in [0.25, 0.3) is 0 Å². The second kappa shape index (κ2) is 8.66. The molecule has 2 unspecified atom stereocenters. The topological polar surface area (TPSA) is 32.3 Å². The summed E-state index contributed by atoms with van der Waals surface area (Å²) in [6, 6.07) is 0.656. The first-order valence-electron chi connectivity index (χ1n) is 8.80. The van der Waals surface area contributed by atoms with E-state index in [1.165, 1.54) is 57.8 Å². The molecule has 2 aliphatic rings. The summed E-state index contributed by atoms with van der Waals surface area (Å²) in [7, 11) is 0. The summed E-state index contributed by atoms with van der Waals surface area (Å²) in [5.74, 6) is 1.31. The predicted molar refractivity (Wildman–Crippen MR) is 83.7 cm³/mol. The summed E-state index contributed by atoms with van der Waals surface area (Å²) in [5.41, 5.74) is 0. The van der Waals surface area contributed by atoms with E-state index in [4.69, 9.17) is 0 Å². The van der Waals surface area contributed by atoms with Crippen molar-refractivity contribution in [1.29, 1.82) is 0 Å². The molecule has 0 spiro atoms. The van der Waals surface area contributed by atoms with Crippen molar-refractivity contribution in [3.63, 3.8) is 0 Å². The third kappa shape index (κ3) is 5.08. The third-order valence-electron chi connectivity index (χ3n) is 5.02. The van der Waals surface area contributed by atoms with Gasteiger partial charge in [-0.2, -0.15) is 0 Å². The van der Waals surface area contributed by atoms with Gasteiger partial charge in [-0.1, -0.05) is 32.6 Å². The maximum absolute atomic E-state index is 12.0. The molecule has 0 radical (unpaired) electrons. The maximum atomic E-state index is 12.0. The van der Waals surface area contributed by atoms with Crippen LogP contribution in [0.15, 0.2) is 0 Å². The van der Waals surface area contributed by atoms with Gasteiger partial charge in [0.1, 0.15) is 0 Å². The second-order valence-electron chi connectivity index (χ2n) is 6.65. The molecule has 2 rings (SSSR count). The monoisotopic (exact) mass is 280 g/mol. The average molecular weight is 280 g/mol. The van der Waals surface area contributed by atoms with Crippen molar-refractivity contribution >= 4 is 5.91 Å². The lowest BCUT2D eigenvalue weighted by Gasteiger charge is -2.19. The van der Waals surface area contributed by atoms with Crippen LogP contribution in [0.5, 0.6) is 0 Å². The van der Waals surface area contributed by atoms with Gasteiger partial charge in [0.2, 0.25) is 5.91 Å². The Morgan fingerprint density at radius 2 is 1.90 bits per heavy atom. The summed E-state index contributed by atoms with van der Waals surface area (Å²) in [6.07, 6.45) is 12.6. The van der Waals surface area contributed by atoms with Crippen LogP contribution in [-0.2, 0) is 4.79 Å². The Balaban J connectivity index is 1.60. The van der Waals surface area contributed by atoms with Gasteiger partial charge in [0, 0.05) is 32.1 Å². The minimum absolute atomic E-state index is 0.354. The molecule has 1 amide bonds. The summed E-state index contributed by atoms with van der Waals surface area (Å²) >= 11 is 0. The van der Waals surface area contributed by atoms with E-state index in [2.05, 4.69) is 12.2 Å². The van der Waals surface area contributed by atoms with E-state index in [0.717, 1.165) is 25.6 Å². The molecular weight excluding hydrogens is 248 g/mol. The minimum Gasteiger partial charge on any atom is -0.343 e. The van der Waals surface area contributed by atoms with E-state index in [1.54, 1.807) is 0 Å². The van der Waals surface area contributed by atoms with Crippen molar-refractivity contribution in [3.05, 3.63) is 0 Å². The number of hydrogen-bond acceptors (Lipinski definition) is 2. The fourth-order valence-corrected chi connectivity index (χ4v) is 3.79. The van der Waals surface area contributed by atoms with Crippen LogP contribution < -0.4 is 5.32 Å². The van der Waals surface area contributed by atoms with Crippen molar-refractivity contribution in [2.24, 2.45) is 5.92 Å². The first-order chi connectivity index (χ1) is 9.79. The molecule has 1 heterocycles. The van der Waals surface area contributed by atoms with Gasteiger partial charge in [0.15, 0.2) is 0 Å². The Hall–Kier alpha value is -0.570. The molecule has 0 bridgehead atoms. The number of amides is 1. The zero-order valence-electron chi connectivity index (χ0n) is 13.2. The van der Waals surface area contributed by atoms with Gasteiger partial charge in [-0.3, -0.25) is 4.79 Å². The maximum Gasteiger partial charge on any atom is 0.223 e. The number of likely N-dealkylation sites (tertiary alicyclic amines) is 1. The van der Waals surface area contributed by atoms with Crippen molar-refractivity contribution < 1.29 is 4.79 Å². The van der Waals surface area contributed by atoms with Crippen LogP contribution in [0.2, 0.25) is 0 Å². The van der Waals surface area contributed by atoms with Crippen LogP contribution >= 0.6 is 0 Å². The molecule has 3 nitrogen and oxygen atoms in total. The zero-order valence-corrected chi connectivity index (χ0v) is 13.2. The van der Waals surface area contributed by atoms with Gasteiger partial charge in [0.05, 0.1) is 0 Å². The molecule has 20 heavy (non-hydrogen) atoms. The molecule has 3 heteroatoms. The fourth-order valence-electron chi connectivity index (χ4n) is 3.79. The third-order valence-corrected chi connectivity index (χ3v) is 5.02. The fraction of sp³-hybridized carbons (Fsp3) is 0.941. The van der Waals surface area contributed by atoms with Gasteiger partial charge in [0.25, 0.3) is 0 Å².